The lowest BCUT2D eigenvalue weighted by Gasteiger charge is -2.31. The predicted molar refractivity (Wildman–Crippen MR) is 131 cm³/mol. The molecule has 2 aromatic rings. The fraction of sp³-hybridized carbons (Fsp3) is 0.360. The van der Waals surface area contributed by atoms with E-state index in [4.69, 9.17) is 18.5 Å². The van der Waals surface area contributed by atoms with Gasteiger partial charge in [0.25, 0.3) is 7.82 Å². The molecule has 0 aromatic heterocycles. The SMILES string of the molecule is C=C(C)C(=O)OCC[N+](C)(C)CCOP(=O)([O-])OCCOc1ccc(C(=O)c2ccccc2)c(O)c1. The molecule has 0 bridgehead atoms. The van der Waals surface area contributed by atoms with Gasteiger partial charge in [-0.1, -0.05) is 36.9 Å². The van der Waals surface area contributed by atoms with Crippen molar-refractivity contribution in [2.45, 2.75) is 6.92 Å². The Hall–Kier alpha value is -3.01. The Morgan fingerprint density at radius 1 is 1.00 bits per heavy atom. The third-order valence-corrected chi connectivity index (χ3v) is 6.07. The molecular formula is C25H32NO9P. The number of likely N-dealkylation sites (N-methyl/N-ethyl adjacent to an activating group) is 1. The maximum atomic E-state index is 12.5. The monoisotopic (exact) mass is 521 g/mol. The molecule has 0 radical (unpaired) electrons. The lowest BCUT2D eigenvalue weighted by atomic mass is 10.0. The smallest absolute Gasteiger partial charge is 0.333 e. The second-order valence-corrected chi connectivity index (χ2v) is 10.0. The Morgan fingerprint density at radius 3 is 2.28 bits per heavy atom. The first-order valence-corrected chi connectivity index (χ1v) is 12.7. The van der Waals surface area contributed by atoms with E-state index in [-0.39, 0.29) is 49.3 Å². The van der Waals surface area contributed by atoms with E-state index in [0.717, 1.165) is 0 Å². The Kier molecular flexibility index (Phi) is 10.8. The molecule has 1 atom stereocenters. The molecule has 10 nitrogen and oxygen atoms in total. The van der Waals surface area contributed by atoms with E-state index in [1.54, 1.807) is 37.3 Å². The molecule has 2 aromatic carbocycles. The Morgan fingerprint density at radius 2 is 1.64 bits per heavy atom. The number of quaternary nitrogens is 1. The van der Waals surface area contributed by atoms with Crippen LogP contribution in [0, 0.1) is 0 Å². The van der Waals surface area contributed by atoms with Crippen LogP contribution >= 0.6 is 7.82 Å². The number of carbonyl (C=O) groups excluding carboxylic acids is 2. The van der Waals surface area contributed by atoms with Crippen LogP contribution in [0.4, 0.5) is 0 Å². The lowest BCUT2D eigenvalue weighted by molar-refractivity contribution is -0.890. The van der Waals surface area contributed by atoms with Crippen molar-refractivity contribution in [2.24, 2.45) is 0 Å². The van der Waals surface area contributed by atoms with Gasteiger partial charge in [0.1, 0.15) is 44.4 Å². The van der Waals surface area contributed by atoms with Gasteiger partial charge in [0.15, 0.2) is 5.78 Å². The number of phenols is 1. The zero-order valence-electron chi connectivity index (χ0n) is 20.7. The molecule has 0 fully saturated rings. The first-order chi connectivity index (χ1) is 16.9. The highest BCUT2D eigenvalue weighted by Crippen LogP contribution is 2.38. The average Bonchev–Trinajstić information content (AvgIpc) is 2.81. The highest BCUT2D eigenvalue weighted by atomic mass is 31.2. The van der Waals surface area contributed by atoms with E-state index < -0.39 is 13.8 Å². The van der Waals surface area contributed by atoms with Gasteiger partial charge in [-0.15, -0.1) is 0 Å². The normalized spacial score (nSPS) is 13.0. The number of hydrogen-bond donors (Lipinski definition) is 1. The van der Waals surface area contributed by atoms with Crippen molar-refractivity contribution in [2.75, 3.05) is 53.6 Å². The number of ether oxygens (including phenoxy) is 2. The van der Waals surface area contributed by atoms with Crippen LogP contribution in [0.2, 0.25) is 0 Å². The van der Waals surface area contributed by atoms with Crippen molar-refractivity contribution in [3.63, 3.8) is 0 Å². The molecule has 2 rings (SSSR count). The summed E-state index contributed by atoms with van der Waals surface area (Å²) in [6, 6.07) is 12.7. The van der Waals surface area contributed by atoms with Crippen LogP contribution < -0.4 is 9.63 Å². The van der Waals surface area contributed by atoms with E-state index in [9.17, 15) is 24.2 Å². The van der Waals surface area contributed by atoms with Gasteiger partial charge >= 0.3 is 5.97 Å². The summed E-state index contributed by atoms with van der Waals surface area (Å²) >= 11 is 0. The molecule has 0 aliphatic rings. The highest BCUT2D eigenvalue weighted by Gasteiger charge is 2.19. The molecule has 0 heterocycles. The molecule has 0 amide bonds. The van der Waals surface area contributed by atoms with Gasteiger partial charge in [0.2, 0.25) is 0 Å². The number of aromatic hydroxyl groups is 1. The van der Waals surface area contributed by atoms with Crippen molar-refractivity contribution >= 4 is 19.6 Å². The number of rotatable bonds is 15. The number of esters is 1. The van der Waals surface area contributed by atoms with Gasteiger partial charge in [0, 0.05) is 17.2 Å². The third kappa shape index (κ3) is 9.93. The summed E-state index contributed by atoms with van der Waals surface area (Å²) in [5.74, 6) is -0.816. The molecule has 1 unspecified atom stereocenters. The quantitative estimate of drug-likeness (QED) is 0.0938. The van der Waals surface area contributed by atoms with E-state index in [1.807, 2.05) is 14.1 Å². The van der Waals surface area contributed by atoms with Crippen molar-refractivity contribution in [3.05, 3.63) is 71.8 Å². The molecule has 36 heavy (non-hydrogen) atoms. The van der Waals surface area contributed by atoms with Crippen LogP contribution in [0.5, 0.6) is 11.5 Å². The Bertz CT molecular complexity index is 1100. The number of phosphoric acid groups is 1. The number of nitrogens with zero attached hydrogens (tertiary/aromatic N) is 1. The van der Waals surface area contributed by atoms with Gasteiger partial charge in [-0.2, -0.15) is 0 Å². The number of phenolic OH excluding ortho intramolecular Hbond substituents is 1. The standard InChI is InChI=1S/C25H32NO9P/c1-19(2)25(29)33-14-12-26(3,4)13-15-34-36(30,31)35-17-16-32-21-10-11-22(23(27)18-21)24(28)20-8-6-5-7-9-20/h5-11,18H,1,12-17H2,2-4H3,(H-,27,28,30,31). The molecule has 0 aliphatic heterocycles. The van der Waals surface area contributed by atoms with E-state index in [0.29, 0.717) is 28.7 Å². The Labute approximate surface area is 210 Å². The van der Waals surface area contributed by atoms with Gasteiger partial charge in [0.05, 0.1) is 26.3 Å². The van der Waals surface area contributed by atoms with Crippen molar-refractivity contribution in [3.8, 4) is 11.5 Å². The molecule has 196 valence electrons. The Balaban J connectivity index is 1.72. The first-order valence-electron chi connectivity index (χ1n) is 11.2. The summed E-state index contributed by atoms with van der Waals surface area (Å²) in [4.78, 5) is 35.9. The van der Waals surface area contributed by atoms with Gasteiger partial charge in [-0.25, -0.2) is 4.79 Å². The summed E-state index contributed by atoms with van der Waals surface area (Å²) in [6.45, 7) is 5.48. The number of hydrogen-bond acceptors (Lipinski definition) is 9. The minimum absolute atomic E-state index is 0.117. The largest absolute Gasteiger partial charge is 0.756 e. The fourth-order valence-corrected chi connectivity index (χ4v) is 3.58. The van der Waals surface area contributed by atoms with E-state index in [1.165, 1.54) is 18.2 Å². The first kappa shape index (κ1) is 29.2. The minimum Gasteiger partial charge on any atom is -0.756 e. The highest BCUT2D eigenvalue weighted by molar-refractivity contribution is 7.45. The molecule has 0 spiro atoms. The maximum Gasteiger partial charge on any atom is 0.333 e. The molecule has 1 N–H and O–H groups in total. The number of carbonyl (C=O) groups is 2. The van der Waals surface area contributed by atoms with Crippen molar-refractivity contribution in [1.82, 2.24) is 0 Å². The van der Waals surface area contributed by atoms with Crippen LogP contribution in [-0.2, 0) is 23.1 Å². The van der Waals surface area contributed by atoms with Crippen LogP contribution in [0.15, 0.2) is 60.7 Å². The van der Waals surface area contributed by atoms with Crippen molar-refractivity contribution in [1.29, 1.82) is 0 Å². The second-order valence-electron chi connectivity index (χ2n) is 8.64. The summed E-state index contributed by atoms with van der Waals surface area (Å²) in [5.41, 5.74) is 0.871. The molecule has 11 heteroatoms. The molecular weight excluding hydrogens is 489 g/mol. The number of benzene rings is 2. The zero-order chi connectivity index (χ0) is 26.8. The minimum atomic E-state index is -4.55. The average molecular weight is 522 g/mol. The predicted octanol–water partition coefficient (Wildman–Crippen LogP) is 2.70. The molecule has 0 aliphatic carbocycles. The van der Waals surface area contributed by atoms with Crippen LogP contribution in [0.1, 0.15) is 22.8 Å². The summed E-state index contributed by atoms with van der Waals surface area (Å²) < 4.78 is 32.5. The molecule has 0 saturated heterocycles. The van der Waals surface area contributed by atoms with E-state index in [2.05, 4.69) is 6.58 Å². The summed E-state index contributed by atoms with van der Waals surface area (Å²) in [5, 5.41) is 10.2. The summed E-state index contributed by atoms with van der Waals surface area (Å²) in [6.07, 6.45) is 0. The third-order valence-electron chi connectivity index (χ3n) is 5.08. The van der Waals surface area contributed by atoms with Crippen LogP contribution in [0.25, 0.3) is 0 Å². The maximum absolute atomic E-state index is 12.5. The zero-order valence-corrected chi connectivity index (χ0v) is 21.6. The number of phosphoric ester groups is 1. The van der Waals surface area contributed by atoms with Crippen molar-refractivity contribution < 1.29 is 47.2 Å². The molecule has 0 saturated carbocycles. The van der Waals surface area contributed by atoms with Gasteiger partial charge in [-0.3, -0.25) is 9.36 Å². The topological polar surface area (TPSA) is 131 Å². The number of ketones is 1. The van der Waals surface area contributed by atoms with Crippen LogP contribution in [-0.4, -0.2) is 75.0 Å². The van der Waals surface area contributed by atoms with Gasteiger partial charge in [-0.05, 0) is 19.1 Å². The summed E-state index contributed by atoms with van der Waals surface area (Å²) in [7, 11) is -0.862. The second kappa shape index (κ2) is 13.3. The van der Waals surface area contributed by atoms with E-state index >= 15 is 0 Å². The lowest BCUT2D eigenvalue weighted by Crippen LogP contribution is -2.45. The fourth-order valence-electron chi connectivity index (χ4n) is 2.90. The van der Waals surface area contributed by atoms with Crippen LogP contribution in [0.3, 0.4) is 0 Å². The van der Waals surface area contributed by atoms with Gasteiger partial charge < -0.3 is 33.0 Å².